The van der Waals surface area contributed by atoms with Crippen LogP contribution in [-0.2, 0) is 18.8 Å². The SMILES string of the molecule is CN(C)C[C@@H](CSC(c1ccccc1)(c1ccccc1)c1ccccc1)n1cc2c(c1-c1ccccc1)c(=O)n(C)c(=O)n2C. The molecule has 0 unspecified atom stereocenters. The Kier molecular flexibility index (Phi) is 8.65. The third-order valence-corrected chi connectivity index (χ3v) is 10.2. The van der Waals surface area contributed by atoms with E-state index in [4.69, 9.17) is 0 Å². The second-order valence-electron chi connectivity index (χ2n) is 11.7. The molecule has 0 saturated heterocycles. The van der Waals surface area contributed by atoms with Gasteiger partial charge in [-0.25, -0.2) is 4.79 Å². The van der Waals surface area contributed by atoms with E-state index in [9.17, 15) is 9.59 Å². The van der Waals surface area contributed by atoms with Crippen molar-refractivity contribution in [3.8, 4) is 11.3 Å². The maximum atomic E-state index is 13.7. The molecule has 4 aromatic carbocycles. The van der Waals surface area contributed by atoms with Crippen molar-refractivity contribution in [2.75, 3.05) is 26.4 Å². The number of thioether (sulfide) groups is 1. The molecule has 0 spiro atoms. The first kappa shape index (κ1) is 30.4. The number of likely N-dealkylation sites (N-methyl/N-ethyl adjacent to an activating group) is 1. The molecule has 1 atom stereocenters. The molecule has 6 nitrogen and oxygen atoms in total. The summed E-state index contributed by atoms with van der Waals surface area (Å²) in [6.45, 7) is 0.733. The average molecular weight is 615 g/mol. The Balaban J connectivity index is 1.58. The number of aromatic nitrogens is 3. The van der Waals surface area contributed by atoms with Crippen LogP contribution in [0.25, 0.3) is 22.2 Å². The first-order valence-electron chi connectivity index (χ1n) is 15.1. The van der Waals surface area contributed by atoms with Gasteiger partial charge in [0.1, 0.15) is 0 Å². The summed E-state index contributed by atoms with van der Waals surface area (Å²) in [5.74, 6) is 0.728. The summed E-state index contributed by atoms with van der Waals surface area (Å²) in [5.41, 5.74) is 5.40. The van der Waals surface area contributed by atoms with Crippen molar-refractivity contribution < 1.29 is 0 Å². The number of hydrogen-bond donors (Lipinski definition) is 0. The van der Waals surface area contributed by atoms with Gasteiger partial charge in [0.2, 0.25) is 0 Å². The van der Waals surface area contributed by atoms with Crippen molar-refractivity contribution in [2.24, 2.45) is 14.1 Å². The van der Waals surface area contributed by atoms with Gasteiger partial charge in [-0.05, 0) is 36.3 Å². The summed E-state index contributed by atoms with van der Waals surface area (Å²) >= 11 is 1.90. The summed E-state index contributed by atoms with van der Waals surface area (Å²) < 4.78 is 4.54. The van der Waals surface area contributed by atoms with Gasteiger partial charge in [0, 0.05) is 32.6 Å². The predicted molar refractivity (Wildman–Crippen MR) is 187 cm³/mol. The van der Waals surface area contributed by atoms with Crippen LogP contribution in [0.1, 0.15) is 22.7 Å². The Labute approximate surface area is 268 Å². The number of nitrogens with zero attached hydrogens (tertiary/aromatic N) is 4. The van der Waals surface area contributed by atoms with Gasteiger partial charge >= 0.3 is 5.69 Å². The van der Waals surface area contributed by atoms with E-state index >= 15 is 0 Å². The standard InChI is InChI=1S/C38H38N4O2S/c1-39(2)25-32(42-26-33-34(35(42)28-17-9-5-10-18-28)36(43)41(4)37(44)40(33)3)27-45-38(29-19-11-6-12-20-29,30-21-13-7-14-22-30)31-23-15-8-16-24-31/h5-24,26,32H,25,27H2,1-4H3/t32-/m0/s1. The van der Waals surface area contributed by atoms with E-state index in [1.807, 2.05) is 48.3 Å². The largest absolute Gasteiger partial charge is 0.339 e. The minimum atomic E-state index is -0.489. The van der Waals surface area contributed by atoms with Crippen molar-refractivity contribution >= 4 is 22.7 Å². The summed E-state index contributed by atoms with van der Waals surface area (Å²) in [6.07, 6.45) is 2.00. The van der Waals surface area contributed by atoms with Crippen LogP contribution in [-0.4, -0.2) is 45.0 Å². The number of hydrogen-bond acceptors (Lipinski definition) is 4. The van der Waals surface area contributed by atoms with Crippen molar-refractivity contribution in [2.45, 2.75) is 10.8 Å². The lowest BCUT2D eigenvalue weighted by Gasteiger charge is -2.37. The van der Waals surface area contributed by atoms with Gasteiger partial charge in [-0.15, -0.1) is 11.8 Å². The molecule has 0 saturated carbocycles. The highest BCUT2D eigenvalue weighted by Gasteiger charge is 2.38. The first-order valence-corrected chi connectivity index (χ1v) is 16.1. The topological polar surface area (TPSA) is 52.2 Å². The Bertz CT molecular complexity index is 1920. The molecule has 0 fully saturated rings. The van der Waals surface area contributed by atoms with Crippen molar-refractivity contribution in [1.29, 1.82) is 0 Å². The summed E-state index contributed by atoms with van der Waals surface area (Å²) in [4.78, 5) is 29.0. The van der Waals surface area contributed by atoms with Gasteiger partial charge in [0.25, 0.3) is 5.56 Å². The van der Waals surface area contributed by atoms with Crippen LogP contribution in [0.4, 0.5) is 0 Å². The van der Waals surface area contributed by atoms with Crippen LogP contribution in [0.5, 0.6) is 0 Å². The van der Waals surface area contributed by atoms with Gasteiger partial charge in [-0.3, -0.25) is 13.9 Å². The number of fused-ring (bicyclic) bond motifs is 1. The molecule has 0 amide bonds. The van der Waals surface area contributed by atoms with Crippen LogP contribution in [0.3, 0.4) is 0 Å². The molecule has 0 N–H and O–H groups in total. The van der Waals surface area contributed by atoms with E-state index in [2.05, 4.69) is 115 Å². The summed E-state index contributed by atoms with van der Waals surface area (Å²) in [6, 6.07) is 42.1. The molecule has 45 heavy (non-hydrogen) atoms. The van der Waals surface area contributed by atoms with E-state index in [0.717, 1.165) is 23.6 Å². The van der Waals surface area contributed by atoms with E-state index < -0.39 is 4.75 Å². The number of aryl methyl sites for hydroxylation is 1. The molecular weight excluding hydrogens is 577 g/mol. The van der Waals surface area contributed by atoms with E-state index in [0.29, 0.717) is 10.9 Å². The second kappa shape index (κ2) is 12.8. The molecule has 0 aliphatic rings. The minimum absolute atomic E-state index is 0.0390. The van der Waals surface area contributed by atoms with Crippen molar-refractivity contribution in [3.05, 3.63) is 165 Å². The van der Waals surface area contributed by atoms with Crippen molar-refractivity contribution in [3.63, 3.8) is 0 Å². The van der Waals surface area contributed by atoms with Crippen LogP contribution in [0, 0.1) is 0 Å². The average Bonchev–Trinajstić information content (AvgIpc) is 3.49. The summed E-state index contributed by atoms with van der Waals surface area (Å²) in [7, 11) is 7.45. The lowest BCUT2D eigenvalue weighted by Crippen LogP contribution is -2.36. The molecule has 228 valence electrons. The highest BCUT2D eigenvalue weighted by atomic mass is 32.2. The van der Waals surface area contributed by atoms with E-state index in [1.165, 1.54) is 21.3 Å². The molecule has 2 aromatic heterocycles. The fourth-order valence-electron chi connectivity index (χ4n) is 6.37. The van der Waals surface area contributed by atoms with Gasteiger partial charge < -0.3 is 9.47 Å². The fourth-order valence-corrected chi connectivity index (χ4v) is 7.99. The molecule has 2 heterocycles. The van der Waals surface area contributed by atoms with Crippen molar-refractivity contribution in [1.82, 2.24) is 18.6 Å². The number of rotatable bonds is 10. The lowest BCUT2D eigenvalue weighted by molar-refractivity contribution is 0.342. The molecule has 0 radical (unpaired) electrons. The van der Waals surface area contributed by atoms with Crippen LogP contribution >= 0.6 is 11.8 Å². The maximum absolute atomic E-state index is 13.7. The monoisotopic (exact) mass is 614 g/mol. The molecular formula is C38H38N4O2S. The maximum Gasteiger partial charge on any atom is 0.330 e. The normalized spacial score (nSPS) is 12.6. The molecule has 7 heteroatoms. The Morgan fingerprint density at radius 2 is 1.16 bits per heavy atom. The Morgan fingerprint density at radius 3 is 1.62 bits per heavy atom. The Hall–Kier alpha value is -4.59. The van der Waals surface area contributed by atoms with E-state index in [1.54, 1.807) is 18.7 Å². The minimum Gasteiger partial charge on any atom is -0.339 e. The fraction of sp³-hybridized carbons (Fsp3) is 0.211. The van der Waals surface area contributed by atoms with Gasteiger partial charge in [-0.2, -0.15) is 0 Å². The van der Waals surface area contributed by atoms with Crippen LogP contribution < -0.4 is 11.2 Å². The predicted octanol–water partition coefficient (Wildman–Crippen LogP) is 6.53. The Morgan fingerprint density at radius 1 is 0.689 bits per heavy atom. The molecule has 0 aliphatic heterocycles. The third kappa shape index (κ3) is 5.58. The zero-order chi connectivity index (χ0) is 31.6. The molecule has 6 aromatic rings. The zero-order valence-corrected chi connectivity index (χ0v) is 26.9. The van der Waals surface area contributed by atoms with Crippen LogP contribution in [0.2, 0.25) is 0 Å². The van der Waals surface area contributed by atoms with Gasteiger partial charge in [0.15, 0.2) is 0 Å². The van der Waals surface area contributed by atoms with Crippen LogP contribution in [0.15, 0.2) is 137 Å². The third-order valence-electron chi connectivity index (χ3n) is 8.52. The summed E-state index contributed by atoms with van der Waals surface area (Å²) in [5, 5.41) is 0.556. The molecule has 6 rings (SSSR count). The van der Waals surface area contributed by atoms with Gasteiger partial charge in [-0.1, -0.05) is 121 Å². The smallest absolute Gasteiger partial charge is 0.330 e. The van der Waals surface area contributed by atoms with E-state index in [-0.39, 0.29) is 17.3 Å². The lowest BCUT2D eigenvalue weighted by atomic mass is 9.84. The zero-order valence-electron chi connectivity index (χ0n) is 26.1. The first-order chi connectivity index (χ1) is 21.8. The highest BCUT2D eigenvalue weighted by molar-refractivity contribution is 8.00. The number of benzene rings is 4. The second-order valence-corrected chi connectivity index (χ2v) is 13.0. The highest BCUT2D eigenvalue weighted by Crippen LogP contribution is 2.49. The van der Waals surface area contributed by atoms with Gasteiger partial charge in [0.05, 0.1) is 27.4 Å². The molecule has 0 aliphatic carbocycles. The quantitative estimate of drug-likeness (QED) is 0.165. The molecule has 0 bridgehead atoms.